The highest BCUT2D eigenvalue weighted by Crippen LogP contribution is 2.62. The van der Waals surface area contributed by atoms with Gasteiger partial charge in [-0.2, -0.15) is 0 Å². The Hall–Kier alpha value is -3.27. The van der Waals surface area contributed by atoms with Crippen LogP contribution in [0.25, 0.3) is 0 Å². The van der Waals surface area contributed by atoms with E-state index in [0.717, 1.165) is 6.92 Å². The van der Waals surface area contributed by atoms with E-state index in [1.807, 2.05) is 0 Å². The summed E-state index contributed by atoms with van der Waals surface area (Å²) in [5, 5.41) is 53.8. The van der Waals surface area contributed by atoms with E-state index < -0.39 is 82.4 Å². The molecule has 0 saturated heterocycles. The van der Waals surface area contributed by atoms with Crippen molar-refractivity contribution in [1.29, 1.82) is 0 Å². The van der Waals surface area contributed by atoms with Gasteiger partial charge in [-0.05, 0) is 18.4 Å². The van der Waals surface area contributed by atoms with E-state index in [1.165, 1.54) is 6.92 Å². The number of hydrogen-bond acceptors (Lipinski definition) is 10. The van der Waals surface area contributed by atoms with Gasteiger partial charge in [0.25, 0.3) is 0 Å². The largest absolute Gasteiger partial charge is 0.507 e. The second-order valence-electron chi connectivity index (χ2n) is 9.63. The van der Waals surface area contributed by atoms with Crippen molar-refractivity contribution < 1.29 is 49.4 Å². The molecule has 1 aromatic rings. The summed E-state index contributed by atoms with van der Waals surface area (Å²) in [6.07, 6.45) is -0.116. The molecular weight excluding hydrogens is 448 g/mol. The zero-order valence-electron chi connectivity index (χ0n) is 19.8. The van der Waals surface area contributed by atoms with E-state index in [-0.39, 0.29) is 23.1 Å². The molecule has 0 heterocycles. The molecule has 0 aromatic heterocycles. The standard InChI is InChI=1S/C24H30O10/c1-10(26)33-9-12(8-25)14-17(28)15-16(20(31)18(14)29)24(5)7-6-13(34-11(2)27)23(3,4)22(24)21(32)19(15)30/h12-13,25,28-29,31-32H,6-9H2,1-5H3/t12-,13+,24+/m1/s1. The molecule has 1 aromatic carbocycles. The Bertz CT molecular complexity index is 1100. The lowest BCUT2D eigenvalue weighted by Crippen LogP contribution is -2.50. The first-order valence-corrected chi connectivity index (χ1v) is 10.9. The van der Waals surface area contributed by atoms with Gasteiger partial charge in [0.15, 0.2) is 17.3 Å². The number of hydrogen-bond donors (Lipinski definition) is 5. The summed E-state index contributed by atoms with van der Waals surface area (Å²) in [7, 11) is 0. The second kappa shape index (κ2) is 8.50. The maximum atomic E-state index is 13.3. The van der Waals surface area contributed by atoms with Gasteiger partial charge in [0.05, 0.1) is 12.2 Å². The number of esters is 2. The third kappa shape index (κ3) is 3.66. The molecule has 10 heteroatoms. The number of aliphatic hydroxyl groups excluding tert-OH is 2. The van der Waals surface area contributed by atoms with Gasteiger partial charge >= 0.3 is 11.9 Å². The topological polar surface area (TPSA) is 171 Å². The Balaban J connectivity index is 2.27. The lowest BCUT2D eigenvalue weighted by molar-refractivity contribution is -0.153. The van der Waals surface area contributed by atoms with Crippen LogP contribution >= 0.6 is 0 Å². The summed E-state index contributed by atoms with van der Waals surface area (Å²) in [4.78, 5) is 36.2. The number of aliphatic hydroxyl groups is 2. The summed E-state index contributed by atoms with van der Waals surface area (Å²) in [5.41, 5.74) is -2.85. The minimum atomic E-state index is -1.20. The van der Waals surface area contributed by atoms with E-state index >= 15 is 0 Å². The number of aromatic hydroxyl groups is 3. The molecule has 2 aliphatic carbocycles. The molecule has 0 amide bonds. The quantitative estimate of drug-likeness (QED) is 0.240. The maximum Gasteiger partial charge on any atom is 0.302 e. The Morgan fingerprint density at radius 1 is 1.03 bits per heavy atom. The molecule has 34 heavy (non-hydrogen) atoms. The molecule has 0 radical (unpaired) electrons. The molecule has 0 aliphatic heterocycles. The highest BCUT2D eigenvalue weighted by Gasteiger charge is 2.57. The fraction of sp³-hybridized carbons (Fsp3) is 0.542. The molecule has 2 aliphatic rings. The van der Waals surface area contributed by atoms with Crippen molar-refractivity contribution in [3.8, 4) is 17.2 Å². The highest BCUT2D eigenvalue weighted by molar-refractivity contribution is 6.13. The maximum absolute atomic E-state index is 13.3. The number of phenolic OH excluding ortho intramolecular Hbond substituents is 3. The van der Waals surface area contributed by atoms with Gasteiger partial charge in [-0.1, -0.05) is 20.8 Å². The average molecular weight is 478 g/mol. The summed E-state index contributed by atoms with van der Waals surface area (Å²) in [6, 6.07) is 0. The van der Waals surface area contributed by atoms with Crippen molar-refractivity contribution in [2.24, 2.45) is 5.41 Å². The van der Waals surface area contributed by atoms with Gasteiger partial charge in [-0.25, -0.2) is 0 Å². The summed E-state index contributed by atoms with van der Waals surface area (Å²) in [5.74, 6) is -6.16. The zero-order chi connectivity index (χ0) is 25.7. The highest BCUT2D eigenvalue weighted by atomic mass is 16.5. The normalized spacial score (nSPS) is 24.2. The van der Waals surface area contributed by atoms with Crippen molar-refractivity contribution in [3.05, 3.63) is 28.0 Å². The minimum absolute atomic E-state index is 0.0671. The van der Waals surface area contributed by atoms with Crippen molar-refractivity contribution in [2.45, 2.75) is 64.9 Å². The summed E-state index contributed by atoms with van der Waals surface area (Å²) >= 11 is 0. The number of benzene rings is 1. The number of phenols is 3. The van der Waals surface area contributed by atoms with E-state index in [4.69, 9.17) is 9.47 Å². The Morgan fingerprint density at radius 3 is 2.18 bits per heavy atom. The first-order valence-electron chi connectivity index (χ1n) is 10.9. The van der Waals surface area contributed by atoms with E-state index in [9.17, 15) is 39.9 Å². The molecule has 186 valence electrons. The number of carbonyl (C=O) groups is 3. The minimum Gasteiger partial charge on any atom is -0.507 e. The third-order valence-corrected chi connectivity index (χ3v) is 7.02. The zero-order valence-corrected chi connectivity index (χ0v) is 19.8. The lowest BCUT2D eigenvalue weighted by Gasteiger charge is -2.52. The second-order valence-corrected chi connectivity index (χ2v) is 9.63. The number of rotatable bonds is 5. The van der Waals surface area contributed by atoms with Crippen LogP contribution in [-0.2, 0) is 24.5 Å². The number of ether oxygens (including phenoxy) is 2. The van der Waals surface area contributed by atoms with Crippen molar-refractivity contribution in [3.63, 3.8) is 0 Å². The predicted octanol–water partition coefficient (Wildman–Crippen LogP) is 2.46. The number of carbonyl (C=O) groups excluding carboxylic acids is 3. The van der Waals surface area contributed by atoms with Gasteiger partial charge in [0, 0.05) is 41.7 Å². The molecule has 0 unspecified atom stereocenters. The molecule has 3 rings (SSSR count). The van der Waals surface area contributed by atoms with Crippen LogP contribution in [0.2, 0.25) is 0 Å². The molecule has 5 N–H and O–H groups in total. The third-order valence-electron chi connectivity index (χ3n) is 7.02. The number of fused-ring (bicyclic) bond motifs is 3. The van der Waals surface area contributed by atoms with Crippen LogP contribution in [0.4, 0.5) is 0 Å². The molecule has 3 atom stereocenters. The molecule has 0 spiro atoms. The lowest BCUT2D eigenvalue weighted by atomic mass is 9.53. The smallest absolute Gasteiger partial charge is 0.302 e. The van der Waals surface area contributed by atoms with Crippen LogP contribution in [0.3, 0.4) is 0 Å². The molecular formula is C24H30O10. The van der Waals surface area contributed by atoms with Crippen LogP contribution in [0.1, 0.15) is 74.9 Å². The molecule has 1 saturated carbocycles. The van der Waals surface area contributed by atoms with E-state index in [0.29, 0.717) is 6.42 Å². The average Bonchev–Trinajstić information content (AvgIpc) is 2.73. The van der Waals surface area contributed by atoms with Crippen LogP contribution < -0.4 is 0 Å². The molecule has 10 nitrogen and oxygen atoms in total. The Labute approximate surface area is 196 Å². The van der Waals surface area contributed by atoms with E-state index in [1.54, 1.807) is 20.8 Å². The van der Waals surface area contributed by atoms with Gasteiger partial charge in [-0.3, -0.25) is 14.4 Å². The van der Waals surface area contributed by atoms with Crippen LogP contribution in [-0.4, -0.2) is 62.6 Å². The summed E-state index contributed by atoms with van der Waals surface area (Å²) < 4.78 is 10.3. The Kier molecular flexibility index (Phi) is 6.34. The number of Topliss-reactive ketones (excluding diaryl/α,β-unsaturated/α-hetero) is 1. The van der Waals surface area contributed by atoms with Gasteiger partial charge in [0.2, 0.25) is 5.78 Å². The SMILES string of the molecule is CC(=O)OC[C@@H](CO)c1c(O)c(O)c2c(c1O)C(=O)C(O)=C1C(C)(C)[C@@H](OC(C)=O)CC[C@]12C. The van der Waals surface area contributed by atoms with Gasteiger partial charge in [0.1, 0.15) is 18.5 Å². The first-order chi connectivity index (χ1) is 15.7. The van der Waals surface area contributed by atoms with Crippen molar-refractivity contribution >= 4 is 17.7 Å². The molecule has 1 fully saturated rings. The number of ketones is 1. The first kappa shape index (κ1) is 25.4. The van der Waals surface area contributed by atoms with Crippen LogP contribution in [0.5, 0.6) is 17.2 Å². The van der Waals surface area contributed by atoms with Crippen molar-refractivity contribution in [1.82, 2.24) is 0 Å². The fourth-order valence-corrected chi connectivity index (χ4v) is 5.55. The molecule has 0 bridgehead atoms. The van der Waals surface area contributed by atoms with Crippen LogP contribution in [0, 0.1) is 5.41 Å². The monoisotopic (exact) mass is 478 g/mol. The van der Waals surface area contributed by atoms with Gasteiger partial charge in [-0.15, -0.1) is 0 Å². The summed E-state index contributed by atoms with van der Waals surface area (Å²) in [6.45, 7) is 6.36. The fourth-order valence-electron chi connectivity index (χ4n) is 5.55. The van der Waals surface area contributed by atoms with E-state index in [2.05, 4.69) is 0 Å². The van der Waals surface area contributed by atoms with Gasteiger partial charge < -0.3 is 35.0 Å². The van der Waals surface area contributed by atoms with Crippen molar-refractivity contribution in [2.75, 3.05) is 13.2 Å². The van der Waals surface area contributed by atoms with Crippen LogP contribution in [0.15, 0.2) is 11.3 Å². The predicted molar refractivity (Wildman–Crippen MR) is 118 cm³/mol. The number of allylic oxidation sites excluding steroid dienone is 1. The Morgan fingerprint density at radius 2 is 1.65 bits per heavy atom.